The number of anilines is 1. The van der Waals surface area contributed by atoms with Crippen molar-refractivity contribution in [2.24, 2.45) is 0 Å². The average Bonchev–Trinajstić information content (AvgIpc) is 3.29. The summed E-state index contributed by atoms with van der Waals surface area (Å²) in [7, 11) is -3.87. The number of sulfonamides is 1. The molecule has 3 aromatic heterocycles. The van der Waals surface area contributed by atoms with Gasteiger partial charge in [0.2, 0.25) is 15.8 Å². The highest BCUT2D eigenvalue weighted by molar-refractivity contribution is 7.92. The topological polar surface area (TPSA) is 134 Å². The molecule has 12 heteroatoms. The van der Waals surface area contributed by atoms with Gasteiger partial charge in [-0.05, 0) is 37.6 Å². The van der Waals surface area contributed by atoms with Gasteiger partial charge >= 0.3 is 0 Å². The van der Waals surface area contributed by atoms with Crippen LogP contribution in [0.1, 0.15) is 46.7 Å². The molecule has 4 rings (SSSR count). The van der Waals surface area contributed by atoms with Crippen LogP contribution in [0, 0.1) is 11.6 Å². The van der Waals surface area contributed by atoms with Gasteiger partial charge in [0.05, 0.1) is 17.0 Å². The third kappa shape index (κ3) is 5.33. The molecule has 0 aliphatic carbocycles. The first-order valence-electron chi connectivity index (χ1n) is 11.4. The Hall–Kier alpha value is -4.19. The van der Waals surface area contributed by atoms with Crippen molar-refractivity contribution in [2.45, 2.75) is 20.3 Å². The largest absolute Gasteiger partial charge is 0.351 e. The minimum atomic E-state index is -3.87. The second-order valence-corrected chi connectivity index (χ2v) is 9.99. The molecule has 192 valence electrons. The van der Waals surface area contributed by atoms with Gasteiger partial charge in [0, 0.05) is 47.2 Å². The zero-order valence-corrected chi connectivity index (χ0v) is 20.7. The second kappa shape index (κ2) is 10.4. The van der Waals surface area contributed by atoms with Crippen molar-refractivity contribution in [1.82, 2.24) is 20.3 Å². The van der Waals surface area contributed by atoms with Crippen LogP contribution in [0.15, 0.2) is 48.9 Å². The number of pyridine rings is 2. The van der Waals surface area contributed by atoms with Crippen molar-refractivity contribution in [3.8, 4) is 11.1 Å². The first kappa shape index (κ1) is 25.9. The van der Waals surface area contributed by atoms with E-state index in [9.17, 15) is 22.4 Å². The summed E-state index contributed by atoms with van der Waals surface area (Å²) in [5, 5.41) is 2.95. The maximum absolute atomic E-state index is 15.2. The van der Waals surface area contributed by atoms with Gasteiger partial charge in [-0.2, -0.15) is 0 Å². The fraction of sp³-hybridized carbons (Fsp3) is 0.200. The summed E-state index contributed by atoms with van der Waals surface area (Å²) in [4.78, 5) is 36.5. The van der Waals surface area contributed by atoms with Gasteiger partial charge in [0.25, 0.3) is 5.91 Å². The Bertz CT molecular complexity index is 1600. The molecule has 3 heterocycles. The molecule has 0 aliphatic heterocycles. The van der Waals surface area contributed by atoms with Crippen molar-refractivity contribution in [2.75, 3.05) is 17.0 Å². The van der Waals surface area contributed by atoms with Gasteiger partial charge in [0.1, 0.15) is 17.2 Å². The van der Waals surface area contributed by atoms with Crippen LogP contribution >= 0.6 is 0 Å². The number of fused-ring (bicyclic) bond motifs is 1. The summed E-state index contributed by atoms with van der Waals surface area (Å²) in [6, 6.07) is 6.59. The number of halogens is 2. The van der Waals surface area contributed by atoms with Crippen LogP contribution in [0.25, 0.3) is 22.2 Å². The van der Waals surface area contributed by atoms with E-state index in [4.69, 9.17) is 0 Å². The number of H-pyrrole nitrogens is 1. The van der Waals surface area contributed by atoms with Crippen molar-refractivity contribution in [3.63, 3.8) is 0 Å². The number of aromatic amines is 1. The zero-order valence-electron chi connectivity index (χ0n) is 19.9. The first-order valence-corrected chi connectivity index (χ1v) is 13.0. The summed E-state index contributed by atoms with van der Waals surface area (Å²) in [6.07, 6.45) is 4.58. The van der Waals surface area contributed by atoms with E-state index in [0.717, 1.165) is 12.1 Å². The number of aromatic nitrogens is 3. The van der Waals surface area contributed by atoms with Crippen LogP contribution in [0.2, 0.25) is 0 Å². The normalized spacial score (nSPS) is 11.5. The lowest BCUT2D eigenvalue weighted by molar-refractivity contribution is 0.0950. The van der Waals surface area contributed by atoms with E-state index in [1.807, 2.05) is 0 Å². The molecular weight excluding hydrogens is 504 g/mol. The third-order valence-electron chi connectivity index (χ3n) is 5.50. The first-order chi connectivity index (χ1) is 17.6. The van der Waals surface area contributed by atoms with Crippen molar-refractivity contribution in [1.29, 1.82) is 0 Å². The molecule has 3 N–H and O–H groups in total. The van der Waals surface area contributed by atoms with Crippen LogP contribution in [0.3, 0.4) is 0 Å². The molecule has 0 unspecified atom stereocenters. The van der Waals surface area contributed by atoms with Gasteiger partial charge < -0.3 is 10.3 Å². The molecule has 0 radical (unpaired) electrons. The number of nitrogens with one attached hydrogen (secondary N) is 3. The van der Waals surface area contributed by atoms with E-state index in [2.05, 4.69) is 25.0 Å². The number of carbonyl (C=O) groups excluding carboxylic acids is 2. The lowest BCUT2D eigenvalue weighted by atomic mass is 10.00. The highest BCUT2D eigenvalue weighted by Crippen LogP contribution is 2.29. The minimum Gasteiger partial charge on any atom is -0.351 e. The SMILES string of the molecule is CCCS(=O)(=O)Nc1ccc(F)c(C(=O)c2c[nH]c3ncc(-c4ccc(C(=O)NCC)nc4)cc23)c1F. The highest BCUT2D eigenvalue weighted by Gasteiger charge is 2.26. The number of benzene rings is 1. The fourth-order valence-corrected chi connectivity index (χ4v) is 4.89. The van der Waals surface area contributed by atoms with Crippen LogP contribution in [-0.4, -0.2) is 47.4 Å². The van der Waals surface area contributed by atoms with Gasteiger partial charge in [-0.1, -0.05) is 13.0 Å². The summed E-state index contributed by atoms with van der Waals surface area (Å²) < 4.78 is 56.1. The number of hydrogen-bond acceptors (Lipinski definition) is 6. The Balaban J connectivity index is 1.72. The fourth-order valence-electron chi connectivity index (χ4n) is 3.76. The average molecular weight is 528 g/mol. The number of carbonyl (C=O) groups is 2. The molecule has 0 spiro atoms. The van der Waals surface area contributed by atoms with E-state index < -0.39 is 38.7 Å². The van der Waals surface area contributed by atoms with Gasteiger partial charge in [0.15, 0.2) is 5.82 Å². The summed E-state index contributed by atoms with van der Waals surface area (Å²) >= 11 is 0. The molecule has 0 saturated heterocycles. The molecule has 0 saturated carbocycles. The van der Waals surface area contributed by atoms with Crippen LogP contribution in [-0.2, 0) is 10.0 Å². The van der Waals surface area contributed by atoms with Gasteiger partial charge in [-0.25, -0.2) is 22.2 Å². The number of amides is 1. The maximum atomic E-state index is 15.2. The standard InChI is InChI=1S/C25H23F2N5O4S/c1-3-9-37(35,36)32-19-8-6-18(26)21(22(19)27)23(33)17-13-31-24-16(17)10-15(12-30-24)14-5-7-20(29-11-14)25(34)28-4-2/h5-8,10-13,32H,3-4,9H2,1-2H3,(H,28,34)(H,30,31). The molecule has 0 atom stereocenters. The Kier molecular flexibility index (Phi) is 7.30. The van der Waals surface area contributed by atoms with E-state index in [1.165, 1.54) is 18.6 Å². The molecule has 9 nitrogen and oxygen atoms in total. The van der Waals surface area contributed by atoms with Gasteiger partial charge in [-0.3, -0.25) is 19.3 Å². The molecule has 0 aliphatic rings. The van der Waals surface area contributed by atoms with E-state index in [1.54, 1.807) is 32.0 Å². The summed E-state index contributed by atoms with van der Waals surface area (Å²) in [6.45, 7) is 3.89. The van der Waals surface area contributed by atoms with E-state index >= 15 is 4.39 Å². The van der Waals surface area contributed by atoms with Crippen LogP contribution < -0.4 is 10.0 Å². The Morgan fingerprint density at radius 1 is 1.03 bits per heavy atom. The van der Waals surface area contributed by atoms with E-state index in [0.29, 0.717) is 35.1 Å². The minimum absolute atomic E-state index is 0.0531. The summed E-state index contributed by atoms with van der Waals surface area (Å²) in [5.41, 5.74) is 0.232. The van der Waals surface area contributed by atoms with E-state index in [-0.39, 0.29) is 22.9 Å². The number of rotatable bonds is 9. The lowest BCUT2D eigenvalue weighted by Crippen LogP contribution is -2.23. The predicted molar refractivity (Wildman–Crippen MR) is 135 cm³/mol. The molecular formula is C25H23F2N5O4S. The second-order valence-electron chi connectivity index (χ2n) is 8.15. The molecule has 1 aromatic carbocycles. The highest BCUT2D eigenvalue weighted by atomic mass is 32.2. The summed E-state index contributed by atoms with van der Waals surface area (Å²) in [5.74, 6) is -4.01. The molecule has 1 amide bonds. The quantitative estimate of drug-likeness (QED) is 0.281. The Labute approximate surface area is 211 Å². The zero-order chi connectivity index (χ0) is 26.7. The lowest BCUT2D eigenvalue weighted by Gasteiger charge is -2.11. The Morgan fingerprint density at radius 2 is 1.78 bits per heavy atom. The van der Waals surface area contributed by atoms with Crippen LogP contribution in [0.4, 0.5) is 14.5 Å². The third-order valence-corrected chi connectivity index (χ3v) is 6.98. The van der Waals surface area contributed by atoms with Gasteiger partial charge in [-0.15, -0.1) is 0 Å². The molecule has 37 heavy (non-hydrogen) atoms. The maximum Gasteiger partial charge on any atom is 0.269 e. The van der Waals surface area contributed by atoms with Crippen molar-refractivity contribution >= 4 is 38.4 Å². The van der Waals surface area contributed by atoms with Crippen molar-refractivity contribution in [3.05, 3.63) is 77.4 Å². The Morgan fingerprint density at radius 3 is 2.46 bits per heavy atom. The number of ketones is 1. The molecule has 4 aromatic rings. The number of nitrogens with zero attached hydrogens (tertiary/aromatic N) is 2. The predicted octanol–water partition coefficient (Wildman–Crippen LogP) is 4.04. The van der Waals surface area contributed by atoms with Crippen LogP contribution in [0.5, 0.6) is 0 Å². The molecule has 0 bridgehead atoms. The van der Waals surface area contributed by atoms with Crippen molar-refractivity contribution < 1.29 is 26.8 Å². The number of hydrogen-bond donors (Lipinski definition) is 3. The monoisotopic (exact) mass is 527 g/mol. The molecule has 0 fully saturated rings. The smallest absolute Gasteiger partial charge is 0.269 e.